The summed E-state index contributed by atoms with van der Waals surface area (Å²) in [5.74, 6) is 0.0736. The molecule has 11 nitrogen and oxygen atoms in total. The Labute approximate surface area is 228 Å². The van der Waals surface area contributed by atoms with Crippen LogP contribution in [-0.4, -0.2) is 83.6 Å². The monoisotopic (exact) mass is 539 g/mol. The van der Waals surface area contributed by atoms with Crippen molar-refractivity contribution in [2.75, 3.05) is 74.7 Å². The number of amides is 3. The van der Waals surface area contributed by atoms with E-state index in [0.717, 1.165) is 43.1 Å². The average Bonchev–Trinajstić information content (AvgIpc) is 3.49. The summed E-state index contributed by atoms with van der Waals surface area (Å²) in [5, 5.41) is 8.16. The summed E-state index contributed by atoms with van der Waals surface area (Å²) in [5.41, 5.74) is 2.73. The number of hydrogen-bond acceptors (Lipinski definition) is 8. The summed E-state index contributed by atoms with van der Waals surface area (Å²) in [7, 11) is 1.67. The number of urea groups is 1. The number of ether oxygens (including phenoxy) is 3. The zero-order valence-corrected chi connectivity index (χ0v) is 22.5. The predicted molar refractivity (Wildman–Crippen MR) is 149 cm³/mol. The fourth-order valence-electron chi connectivity index (χ4n) is 4.80. The molecule has 2 heterocycles. The fraction of sp³-hybridized carbons (Fsp3) is 0.464. The van der Waals surface area contributed by atoms with Crippen molar-refractivity contribution in [1.29, 1.82) is 0 Å². The number of para-hydroxylation sites is 2. The van der Waals surface area contributed by atoms with Gasteiger partial charge in [-0.1, -0.05) is 12.1 Å². The average molecular weight is 540 g/mol. The summed E-state index contributed by atoms with van der Waals surface area (Å²) in [6, 6.07) is 12.6. The molecule has 11 heteroatoms. The lowest BCUT2D eigenvalue weighted by atomic mass is 10.1. The van der Waals surface area contributed by atoms with E-state index in [-0.39, 0.29) is 25.2 Å². The molecule has 2 aromatic rings. The number of nitrogens with zero attached hydrogens (tertiary/aromatic N) is 2. The molecular weight excluding hydrogens is 502 g/mol. The molecule has 1 unspecified atom stereocenters. The highest BCUT2D eigenvalue weighted by molar-refractivity contribution is 6.02. The quantitative estimate of drug-likeness (QED) is 0.394. The highest BCUT2D eigenvalue weighted by Crippen LogP contribution is 2.31. The van der Waals surface area contributed by atoms with Gasteiger partial charge in [0.05, 0.1) is 31.1 Å². The van der Waals surface area contributed by atoms with Gasteiger partial charge < -0.3 is 40.0 Å². The molecular formula is C28H37N5O6. The molecule has 0 radical (unpaired) electrons. The SMILES string of the molecule is CCOC(=O)CNC(=O)Nc1ccc(N2CCN(c3ccccc3OC)CC2)c(C(=O)NCC2CCCO2)c1. The molecule has 2 aromatic carbocycles. The molecule has 1 atom stereocenters. The van der Waals surface area contributed by atoms with Crippen LogP contribution >= 0.6 is 0 Å². The summed E-state index contributed by atoms with van der Waals surface area (Å²) in [6.45, 7) is 5.75. The molecule has 0 spiro atoms. The van der Waals surface area contributed by atoms with Gasteiger partial charge in [0.15, 0.2) is 0 Å². The fourth-order valence-corrected chi connectivity index (χ4v) is 4.80. The van der Waals surface area contributed by atoms with Crippen LogP contribution in [0, 0.1) is 0 Å². The van der Waals surface area contributed by atoms with E-state index in [2.05, 4.69) is 25.8 Å². The maximum absolute atomic E-state index is 13.3. The van der Waals surface area contributed by atoms with E-state index in [9.17, 15) is 14.4 Å². The zero-order chi connectivity index (χ0) is 27.6. The molecule has 3 N–H and O–H groups in total. The first-order valence-corrected chi connectivity index (χ1v) is 13.4. The molecule has 0 aliphatic carbocycles. The van der Waals surface area contributed by atoms with Gasteiger partial charge >= 0.3 is 12.0 Å². The first-order chi connectivity index (χ1) is 19.0. The number of piperazine rings is 1. The predicted octanol–water partition coefficient (Wildman–Crippen LogP) is 2.62. The van der Waals surface area contributed by atoms with Crippen LogP contribution in [0.3, 0.4) is 0 Å². The lowest BCUT2D eigenvalue weighted by Gasteiger charge is -2.38. The highest BCUT2D eigenvalue weighted by Gasteiger charge is 2.25. The number of hydrogen-bond donors (Lipinski definition) is 3. The van der Waals surface area contributed by atoms with Gasteiger partial charge in [0.2, 0.25) is 0 Å². The lowest BCUT2D eigenvalue weighted by molar-refractivity contribution is -0.141. The number of anilines is 3. The highest BCUT2D eigenvalue weighted by atomic mass is 16.5. The van der Waals surface area contributed by atoms with Gasteiger partial charge in [-0.3, -0.25) is 9.59 Å². The van der Waals surface area contributed by atoms with Gasteiger partial charge in [-0.2, -0.15) is 0 Å². The minimum Gasteiger partial charge on any atom is -0.495 e. The van der Waals surface area contributed by atoms with Gasteiger partial charge in [0.1, 0.15) is 12.3 Å². The Hall–Kier alpha value is -3.99. The summed E-state index contributed by atoms with van der Waals surface area (Å²) in [6.07, 6.45) is 1.92. The molecule has 39 heavy (non-hydrogen) atoms. The normalized spacial score (nSPS) is 16.9. The van der Waals surface area contributed by atoms with Crippen molar-refractivity contribution < 1.29 is 28.6 Å². The van der Waals surface area contributed by atoms with Gasteiger partial charge in [0.25, 0.3) is 5.91 Å². The van der Waals surface area contributed by atoms with Crippen LogP contribution in [0.25, 0.3) is 0 Å². The minimum atomic E-state index is -0.563. The number of carbonyl (C=O) groups excluding carboxylic acids is 3. The van der Waals surface area contributed by atoms with E-state index in [1.165, 1.54) is 0 Å². The molecule has 2 fully saturated rings. The van der Waals surface area contributed by atoms with Gasteiger partial charge in [-0.05, 0) is 50.1 Å². The van der Waals surface area contributed by atoms with Crippen molar-refractivity contribution in [2.45, 2.75) is 25.9 Å². The topological polar surface area (TPSA) is 121 Å². The van der Waals surface area contributed by atoms with Crippen LogP contribution < -0.4 is 30.5 Å². The van der Waals surface area contributed by atoms with E-state index in [4.69, 9.17) is 14.2 Å². The van der Waals surface area contributed by atoms with E-state index >= 15 is 0 Å². The van der Waals surface area contributed by atoms with Crippen molar-refractivity contribution in [3.8, 4) is 5.75 Å². The van der Waals surface area contributed by atoms with Crippen LogP contribution in [0.1, 0.15) is 30.1 Å². The molecule has 0 bridgehead atoms. The van der Waals surface area contributed by atoms with E-state index < -0.39 is 12.0 Å². The molecule has 2 aliphatic rings. The van der Waals surface area contributed by atoms with Gasteiger partial charge in [-0.25, -0.2) is 4.79 Å². The third-order valence-electron chi connectivity index (χ3n) is 6.76. The Balaban J connectivity index is 1.46. The standard InChI is InChI=1S/C28H37N5O6/c1-3-38-26(34)19-30-28(36)31-20-10-11-23(22(17-20)27(35)29-18-21-7-6-16-39-21)32-12-14-33(15-13-32)24-8-4-5-9-25(24)37-2/h4-5,8-11,17,21H,3,6-7,12-16,18-19H2,1-2H3,(H,29,35)(H2,30,31,36). The van der Waals surface area contributed by atoms with Crippen LogP contribution in [0.5, 0.6) is 5.75 Å². The minimum absolute atomic E-state index is 0.0109. The number of carbonyl (C=O) groups is 3. The lowest BCUT2D eigenvalue weighted by Crippen LogP contribution is -2.47. The maximum atomic E-state index is 13.3. The third-order valence-corrected chi connectivity index (χ3v) is 6.76. The molecule has 210 valence electrons. The number of benzene rings is 2. The Kier molecular flexibility index (Phi) is 9.85. The summed E-state index contributed by atoms with van der Waals surface area (Å²) >= 11 is 0. The molecule has 2 saturated heterocycles. The van der Waals surface area contributed by atoms with Crippen molar-refractivity contribution in [1.82, 2.24) is 10.6 Å². The smallest absolute Gasteiger partial charge is 0.325 e. The Bertz CT molecular complexity index is 1150. The largest absolute Gasteiger partial charge is 0.495 e. The van der Waals surface area contributed by atoms with Crippen LogP contribution in [0.4, 0.5) is 21.9 Å². The van der Waals surface area contributed by atoms with E-state index in [1.807, 2.05) is 30.3 Å². The van der Waals surface area contributed by atoms with Gasteiger partial charge in [-0.15, -0.1) is 0 Å². The van der Waals surface area contributed by atoms with E-state index in [0.29, 0.717) is 37.5 Å². The molecule has 0 aromatic heterocycles. The first-order valence-electron chi connectivity index (χ1n) is 13.4. The number of esters is 1. The summed E-state index contributed by atoms with van der Waals surface area (Å²) < 4.78 is 16.0. The van der Waals surface area contributed by atoms with Crippen LogP contribution in [-0.2, 0) is 14.3 Å². The Morgan fingerprint density at radius 1 is 1.00 bits per heavy atom. The van der Waals surface area contributed by atoms with Crippen LogP contribution in [0.15, 0.2) is 42.5 Å². The van der Waals surface area contributed by atoms with Crippen molar-refractivity contribution in [3.05, 3.63) is 48.0 Å². The van der Waals surface area contributed by atoms with Crippen molar-refractivity contribution in [3.63, 3.8) is 0 Å². The van der Waals surface area contributed by atoms with Crippen molar-refractivity contribution in [2.24, 2.45) is 0 Å². The summed E-state index contributed by atoms with van der Waals surface area (Å²) in [4.78, 5) is 41.7. The third kappa shape index (κ3) is 7.53. The van der Waals surface area contributed by atoms with E-state index in [1.54, 1.807) is 26.2 Å². The second-order valence-electron chi connectivity index (χ2n) is 9.34. The number of rotatable bonds is 10. The molecule has 0 saturated carbocycles. The molecule has 4 rings (SSSR count). The van der Waals surface area contributed by atoms with Crippen molar-refractivity contribution >= 4 is 35.0 Å². The zero-order valence-electron chi connectivity index (χ0n) is 22.5. The number of methoxy groups -OCH3 is 1. The first kappa shape index (κ1) is 28.0. The second kappa shape index (κ2) is 13.7. The Morgan fingerprint density at radius 3 is 2.44 bits per heavy atom. The molecule has 3 amide bonds. The Morgan fingerprint density at radius 2 is 1.74 bits per heavy atom. The number of nitrogens with one attached hydrogen (secondary N) is 3. The van der Waals surface area contributed by atoms with Gasteiger partial charge in [0, 0.05) is 50.7 Å². The maximum Gasteiger partial charge on any atom is 0.325 e. The second-order valence-corrected chi connectivity index (χ2v) is 9.34. The molecule has 2 aliphatic heterocycles. The van der Waals surface area contributed by atoms with Crippen LogP contribution in [0.2, 0.25) is 0 Å².